The molecule has 0 heterocycles. The van der Waals surface area contributed by atoms with Crippen molar-refractivity contribution in [1.82, 2.24) is 10.2 Å². The lowest BCUT2D eigenvalue weighted by atomic mass is 10.1. The molecule has 1 rings (SSSR count). The highest BCUT2D eigenvalue weighted by molar-refractivity contribution is 5.17. The minimum Gasteiger partial charge on any atom is -0.309 e. The number of benzene rings is 1. The first-order valence-corrected chi connectivity index (χ1v) is 5.56. The molecule has 0 radical (unpaired) electrons. The van der Waals surface area contributed by atoms with Gasteiger partial charge in [0.05, 0.1) is 0 Å². The van der Waals surface area contributed by atoms with Crippen molar-refractivity contribution in [3.8, 4) is 0 Å². The van der Waals surface area contributed by atoms with Gasteiger partial charge >= 0.3 is 0 Å². The summed E-state index contributed by atoms with van der Waals surface area (Å²) in [4.78, 5) is 2.23. The molecular weight excluding hydrogens is 184 g/mol. The second-order valence-corrected chi connectivity index (χ2v) is 4.35. The summed E-state index contributed by atoms with van der Waals surface area (Å²) < 4.78 is 0. The first kappa shape index (κ1) is 12.2. The average molecular weight is 206 g/mol. The Morgan fingerprint density at radius 1 is 1.13 bits per heavy atom. The van der Waals surface area contributed by atoms with Crippen molar-refractivity contribution in [2.45, 2.75) is 25.9 Å². The van der Waals surface area contributed by atoms with Gasteiger partial charge < -0.3 is 10.2 Å². The first-order chi connectivity index (χ1) is 7.11. The molecule has 1 aromatic carbocycles. The third-order valence-electron chi connectivity index (χ3n) is 2.90. The normalized spacial score (nSPS) is 15.3. The lowest BCUT2D eigenvalue weighted by Crippen LogP contribution is -2.36. The van der Waals surface area contributed by atoms with E-state index in [9.17, 15) is 0 Å². The highest BCUT2D eigenvalue weighted by Gasteiger charge is 2.07. The van der Waals surface area contributed by atoms with Crippen LogP contribution in [-0.2, 0) is 0 Å². The van der Waals surface area contributed by atoms with Gasteiger partial charge in [-0.15, -0.1) is 0 Å². The molecule has 0 aliphatic heterocycles. The zero-order chi connectivity index (χ0) is 11.3. The van der Waals surface area contributed by atoms with Crippen molar-refractivity contribution in [1.29, 1.82) is 0 Å². The van der Waals surface area contributed by atoms with E-state index in [2.05, 4.69) is 68.5 Å². The van der Waals surface area contributed by atoms with E-state index in [4.69, 9.17) is 0 Å². The second-order valence-electron chi connectivity index (χ2n) is 4.35. The Bertz CT molecular complexity index is 269. The molecular formula is C13H22N2. The van der Waals surface area contributed by atoms with Crippen LogP contribution in [0, 0.1) is 0 Å². The quantitative estimate of drug-likeness (QED) is 0.795. The Morgan fingerprint density at radius 3 is 2.27 bits per heavy atom. The standard InChI is InChI=1S/C13H22N2/c1-11(15(3)4)10-14-12(2)13-8-6-5-7-9-13/h5-9,11-12,14H,10H2,1-4H3. The number of nitrogens with zero attached hydrogens (tertiary/aromatic N) is 1. The maximum Gasteiger partial charge on any atom is 0.0292 e. The van der Waals surface area contributed by atoms with E-state index in [-0.39, 0.29) is 0 Å². The van der Waals surface area contributed by atoms with Crippen LogP contribution >= 0.6 is 0 Å². The van der Waals surface area contributed by atoms with Crippen molar-refractivity contribution in [3.63, 3.8) is 0 Å². The lowest BCUT2D eigenvalue weighted by Gasteiger charge is -2.23. The van der Waals surface area contributed by atoms with Gasteiger partial charge in [0.25, 0.3) is 0 Å². The molecule has 0 aliphatic rings. The summed E-state index contributed by atoms with van der Waals surface area (Å²) >= 11 is 0. The number of likely N-dealkylation sites (N-methyl/N-ethyl adjacent to an activating group) is 1. The van der Waals surface area contributed by atoms with Gasteiger partial charge in [-0.05, 0) is 33.5 Å². The molecule has 0 amide bonds. The summed E-state index contributed by atoms with van der Waals surface area (Å²) in [6.07, 6.45) is 0. The lowest BCUT2D eigenvalue weighted by molar-refractivity contribution is 0.295. The van der Waals surface area contributed by atoms with Crippen molar-refractivity contribution >= 4 is 0 Å². The molecule has 2 nitrogen and oxygen atoms in total. The zero-order valence-corrected chi connectivity index (χ0v) is 10.2. The highest BCUT2D eigenvalue weighted by atomic mass is 15.1. The van der Waals surface area contributed by atoms with Crippen molar-refractivity contribution in [3.05, 3.63) is 35.9 Å². The number of nitrogens with one attached hydrogen (secondary N) is 1. The fraction of sp³-hybridized carbons (Fsp3) is 0.538. The minimum absolute atomic E-state index is 0.425. The van der Waals surface area contributed by atoms with Crippen LogP contribution in [0.5, 0.6) is 0 Å². The molecule has 2 unspecified atom stereocenters. The molecule has 15 heavy (non-hydrogen) atoms. The van der Waals surface area contributed by atoms with Crippen molar-refractivity contribution < 1.29 is 0 Å². The van der Waals surface area contributed by atoms with E-state index in [1.165, 1.54) is 5.56 Å². The van der Waals surface area contributed by atoms with Crippen molar-refractivity contribution in [2.75, 3.05) is 20.6 Å². The van der Waals surface area contributed by atoms with E-state index in [0.717, 1.165) is 6.54 Å². The Morgan fingerprint density at radius 2 is 1.73 bits per heavy atom. The van der Waals surface area contributed by atoms with Gasteiger partial charge in [0.1, 0.15) is 0 Å². The van der Waals surface area contributed by atoms with Crippen LogP contribution in [0.4, 0.5) is 0 Å². The molecule has 0 spiro atoms. The Kier molecular flexibility index (Phi) is 4.79. The summed E-state index contributed by atoms with van der Waals surface area (Å²) in [5.41, 5.74) is 1.35. The van der Waals surface area contributed by atoms with Crippen LogP contribution in [0.15, 0.2) is 30.3 Å². The van der Waals surface area contributed by atoms with E-state index >= 15 is 0 Å². The molecule has 2 atom stereocenters. The fourth-order valence-electron chi connectivity index (χ4n) is 1.39. The minimum atomic E-state index is 0.425. The molecule has 1 aromatic rings. The second kappa shape index (κ2) is 5.89. The van der Waals surface area contributed by atoms with Crippen LogP contribution in [0.25, 0.3) is 0 Å². The maximum atomic E-state index is 3.54. The third-order valence-corrected chi connectivity index (χ3v) is 2.90. The molecule has 0 saturated heterocycles. The van der Waals surface area contributed by atoms with E-state index < -0.39 is 0 Å². The van der Waals surface area contributed by atoms with Gasteiger partial charge in [0.2, 0.25) is 0 Å². The molecule has 0 aliphatic carbocycles. The Labute approximate surface area is 93.3 Å². The predicted octanol–water partition coefficient (Wildman–Crippen LogP) is 2.29. The Hall–Kier alpha value is -0.860. The highest BCUT2D eigenvalue weighted by Crippen LogP contribution is 2.10. The molecule has 84 valence electrons. The van der Waals surface area contributed by atoms with Gasteiger partial charge in [0, 0.05) is 18.6 Å². The van der Waals surface area contributed by atoms with Gasteiger partial charge in [-0.25, -0.2) is 0 Å². The largest absolute Gasteiger partial charge is 0.309 e. The van der Waals surface area contributed by atoms with E-state index in [1.807, 2.05) is 0 Å². The Balaban J connectivity index is 2.40. The zero-order valence-electron chi connectivity index (χ0n) is 10.2. The number of rotatable bonds is 5. The third kappa shape index (κ3) is 4.02. The van der Waals surface area contributed by atoms with Crippen LogP contribution < -0.4 is 5.32 Å². The van der Waals surface area contributed by atoms with Crippen LogP contribution in [0.3, 0.4) is 0 Å². The fourth-order valence-corrected chi connectivity index (χ4v) is 1.39. The smallest absolute Gasteiger partial charge is 0.0292 e. The number of hydrogen-bond donors (Lipinski definition) is 1. The van der Waals surface area contributed by atoms with E-state index in [0.29, 0.717) is 12.1 Å². The first-order valence-electron chi connectivity index (χ1n) is 5.56. The SMILES string of the molecule is CC(NCC(C)N(C)C)c1ccccc1. The molecule has 0 saturated carbocycles. The number of hydrogen-bond acceptors (Lipinski definition) is 2. The van der Waals surface area contributed by atoms with Crippen molar-refractivity contribution in [2.24, 2.45) is 0 Å². The van der Waals surface area contributed by atoms with Crippen LogP contribution in [0.1, 0.15) is 25.5 Å². The summed E-state index contributed by atoms with van der Waals surface area (Å²) in [7, 11) is 4.22. The van der Waals surface area contributed by atoms with Gasteiger partial charge in [-0.2, -0.15) is 0 Å². The van der Waals surface area contributed by atoms with Gasteiger partial charge in [0.15, 0.2) is 0 Å². The molecule has 2 heteroatoms. The summed E-state index contributed by atoms with van der Waals surface area (Å²) in [5, 5.41) is 3.54. The predicted molar refractivity (Wildman–Crippen MR) is 66.0 cm³/mol. The monoisotopic (exact) mass is 206 g/mol. The summed E-state index contributed by atoms with van der Waals surface area (Å²) in [5.74, 6) is 0. The van der Waals surface area contributed by atoms with Crippen LogP contribution in [-0.4, -0.2) is 31.6 Å². The van der Waals surface area contributed by atoms with Gasteiger partial charge in [-0.3, -0.25) is 0 Å². The summed E-state index contributed by atoms with van der Waals surface area (Å²) in [6.45, 7) is 5.45. The van der Waals surface area contributed by atoms with E-state index in [1.54, 1.807) is 0 Å². The maximum absolute atomic E-state index is 3.54. The topological polar surface area (TPSA) is 15.3 Å². The van der Waals surface area contributed by atoms with Crippen LogP contribution in [0.2, 0.25) is 0 Å². The average Bonchev–Trinajstić information content (AvgIpc) is 2.26. The summed E-state index contributed by atoms with van der Waals surface area (Å²) in [6, 6.07) is 11.5. The molecule has 0 bridgehead atoms. The molecule has 1 N–H and O–H groups in total. The molecule has 0 fully saturated rings. The van der Waals surface area contributed by atoms with Gasteiger partial charge in [-0.1, -0.05) is 30.3 Å². The molecule has 0 aromatic heterocycles.